The summed E-state index contributed by atoms with van der Waals surface area (Å²) in [6, 6.07) is 9.36. The van der Waals surface area contributed by atoms with Crippen LogP contribution in [-0.4, -0.2) is 16.1 Å². The average molecular weight is 260 g/mol. The highest BCUT2D eigenvalue weighted by Gasteiger charge is 2.15. The molecule has 0 aliphatic carbocycles. The van der Waals surface area contributed by atoms with E-state index in [1.54, 1.807) is 0 Å². The lowest BCUT2D eigenvalue weighted by Crippen LogP contribution is -2.16. The average Bonchev–Trinajstić information content (AvgIpc) is 2.85. The monoisotopic (exact) mass is 260 g/mol. The van der Waals surface area contributed by atoms with E-state index in [1.807, 2.05) is 30.3 Å². The molecule has 6 heteroatoms. The zero-order chi connectivity index (χ0) is 13.7. The fourth-order valence-corrected chi connectivity index (χ4v) is 1.68. The van der Waals surface area contributed by atoms with Crippen LogP contribution >= 0.6 is 0 Å². The van der Waals surface area contributed by atoms with E-state index in [9.17, 15) is 4.79 Å². The van der Waals surface area contributed by atoms with E-state index >= 15 is 0 Å². The molecule has 6 nitrogen and oxygen atoms in total. The molecule has 2 aromatic rings. The molecule has 0 saturated heterocycles. The standard InChI is InChI=1S/C13H16N4O2/c14-10(6-7-11(15)18)13-17-16-12(19-13)8-9-4-2-1-3-5-9/h1-5,10H,6-8,14H2,(H2,15,18)/t10-/m0/s1. The SMILES string of the molecule is NC(=O)CC[C@H](N)c1nnc(Cc2ccccc2)o1. The molecule has 0 bridgehead atoms. The summed E-state index contributed by atoms with van der Waals surface area (Å²) >= 11 is 0. The topological polar surface area (TPSA) is 108 Å². The van der Waals surface area contributed by atoms with Crippen LogP contribution < -0.4 is 11.5 Å². The first-order valence-electron chi connectivity index (χ1n) is 6.05. The van der Waals surface area contributed by atoms with E-state index in [4.69, 9.17) is 15.9 Å². The Kier molecular flexibility index (Phi) is 4.25. The second-order valence-corrected chi connectivity index (χ2v) is 4.31. The van der Waals surface area contributed by atoms with Gasteiger partial charge in [-0.3, -0.25) is 4.79 Å². The number of nitrogens with zero attached hydrogens (tertiary/aromatic N) is 2. The number of hydrogen-bond acceptors (Lipinski definition) is 5. The first kappa shape index (κ1) is 13.2. The van der Waals surface area contributed by atoms with Gasteiger partial charge in [-0.2, -0.15) is 0 Å². The molecule has 0 aliphatic heterocycles. The second-order valence-electron chi connectivity index (χ2n) is 4.31. The first-order valence-corrected chi connectivity index (χ1v) is 6.05. The van der Waals surface area contributed by atoms with Gasteiger partial charge < -0.3 is 15.9 Å². The third-order valence-corrected chi connectivity index (χ3v) is 2.70. The van der Waals surface area contributed by atoms with Gasteiger partial charge in [0.25, 0.3) is 0 Å². The van der Waals surface area contributed by atoms with E-state index in [0.29, 0.717) is 24.6 Å². The molecule has 1 amide bonds. The van der Waals surface area contributed by atoms with E-state index in [0.717, 1.165) is 5.56 Å². The van der Waals surface area contributed by atoms with Crippen molar-refractivity contribution < 1.29 is 9.21 Å². The van der Waals surface area contributed by atoms with Crippen LogP contribution in [0.25, 0.3) is 0 Å². The molecule has 0 unspecified atom stereocenters. The quantitative estimate of drug-likeness (QED) is 0.803. The minimum Gasteiger partial charge on any atom is -0.423 e. The molecule has 0 spiro atoms. The molecule has 1 aromatic heterocycles. The fraction of sp³-hybridized carbons (Fsp3) is 0.308. The molecule has 1 heterocycles. The minimum absolute atomic E-state index is 0.206. The van der Waals surface area contributed by atoms with Crippen molar-refractivity contribution in [3.63, 3.8) is 0 Å². The maximum atomic E-state index is 10.7. The van der Waals surface area contributed by atoms with Crippen LogP contribution in [0, 0.1) is 0 Å². The van der Waals surface area contributed by atoms with Crippen LogP contribution in [0.3, 0.4) is 0 Å². The predicted octanol–water partition coefficient (Wildman–Crippen LogP) is 0.926. The molecule has 1 aromatic carbocycles. The number of benzene rings is 1. The third-order valence-electron chi connectivity index (χ3n) is 2.70. The lowest BCUT2D eigenvalue weighted by molar-refractivity contribution is -0.118. The zero-order valence-corrected chi connectivity index (χ0v) is 10.5. The van der Waals surface area contributed by atoms with Gasteiger partial charge in [0.2, 0.25) is 17.7 Å². The summed E-state index contributed by atoms with van der Waals surface area (Å²) in [5.41, 5.74) is 12.0. The van der Waals surface area contributed by atoms with E-state index < -0.39 is 6.04 Å². The fourth-order valence-electron chi connectivity index (χ4n) is 1.68. The predicted molar refractivity (Wildman–Crippen MR) is 68.9 cm³/mol. The number of carbonyl (C=O) groups is 1. The number of aromatic nitrogens is 2. The van der Waals surface area contributed by atoms with Crippen LogP contribution in [0.1, 0.15) is 36.2 Å². The van der Waals surface area contributed by atoms with E-state index in [2.05, 4.69) is 10.2 Å². The van der Waals surface area contributed by atoms with Gasteiger partial charge in [-0.25, -0.2) is 0 Å². The maximum absolute atomic E-state index is 10.7. The van der Waals surface area contributed by atoms with Crippen molar-refractivity contribution >= 4 is 5.91 Å². The zero-order valence-electron chi connectivity index (χ0n) is 10.5. The van der Waals surface area contributed by atoms with Crippen molar-refractivity contribution in [1.82, 2.24) is 10.2 Å². The van der Waals surface area contributed by atoms with Crippen molar-refractivity contribution in [2.45, 2.75) is 25.3 Å². The van der Waals surface area contributed by atoms with E-state index in [-0.39, 0.29) is 12.3 Å². The summed E-state index contributed by atoms with van der Waals surface area (Å²) in [6.07, 6.45) is 1.18. The summed E-state index contributed by atoms with van der Waals surface area (Å²) < 4.78 is 5.48. The highest BCUT2D eigenvalue weighted by molar-refractivity contribution is 5.73. The molecule has 19 heavy (non-hydrogen) atoms. The van der Waals surface area contributed by atoms with Gasteiger partial charge in [-0.15, -0.1) is 10.2 Å². The summed E-state index contributed by atoms with van der Waals surface area (Å²) in [7, 11) is 0. The Morgan fingerprint density at radius 2 is 2.00 bits per heavy atom. The number of amides is 1. The number of carbonyl (C=O) groups excluding carboxylic acids is 1. The summed E-state index contributed by atoms with van der Waals surface area (Å²) in [4.78, 5) is 10.7. The Bertz CT molecular complexity index is 539. The Morgan fingerprint density at radius 1 is 1.26 bits per heavy atom. The summed E-state index contributed by atoms with van der Waals surface area (Å²) in [5.74, 6) is 0.461. The van der Waals surface area contributed by atoms with Gasteiger partial charge in [0, 0.05) is 6.42 Å². The van der Waals surface area contributed by atoms with Gasteiger partial charge in [0.15, 0.2) is 0 Å². The van der Waals surface area contributed by atoms with Crippen LogP contribution in [0.5, 0.6) is 0 Å². The smallest absolute Gasteiger partial charge is 0.233 e. The Balaban J connectivity index is 1.97. The second kappa shape index (κ2) is 6.10. The van der Waals surface area contributed by atoms with Crippen molar-refractivity contribution in [1.29, 1.82) is 0 Å². The molecular formula is C13H16N4O2. The molecular weight excluding hydrogens is 244 g/mol. The van der Waals surface area contributed by atoms with Gasteiger partial charge in [0.1, 0.15) is 0 Å². The Labute approximate surface area is 110 Å². The highest BCUT2D eigenvalue weighted by atomic mass is 16.4. The van der Waals surface area contributed by atoms with Crippen LogP contribution in [0.15, 0.2) is 34.7 Å². The molecule has 0 radical (unpaired) electrons. The van der Waals surface area contributed by atoms with Crippen LogP contribution in [-0.2, 0) is 11.2 Å². The molecule has 4 N–H and O–H groups in total. The van der Waals surface area contributed by atoms with E-state index in [1.165, 1.54) is 0 Å². The van der Waals surface area contributed by atoms with Crippen LogP contribution in [0.2, 0.25) is 0 Å². The van der Waals surface area contributed by atoms with Crippen LogP contribution in [0.4, 0.5) is 0 Å². The first-order chi connectivity index (χ1) is 9.15. The Hall–Kier alpha value is -2.21. The van der Waals surface area contributed by atoms with Crippen molar-refractivity contribution in [3.05, 3.63) is 47.7 Å². The maximum Gasteiger partial charge on any atom is 0.233 e. The molecule has 0 fully saturated rings. The molecule has 1 atom stereocenters. The third kappa shape index (κ3) is 3.89. The van der Waals surface area contributed by atoms with Gasteiger partial charge in [-0.05, 0) is 12.0 Å². The number of rotatable bonds is 6. The lowest BCUT2D eigenvalue weighted by Gasteiger charge is -2.04. The number of hydrogen-bond donors (Lipinski definition) is 2. The minimum atomic E-state index is -0.454. The lowest BCUT2D eigenvalue weighted by atomic mass is 10.1. The number of nitrogens with two attached hydrogens (primary N) is 2. The van der Waals surface area contributed by atoms with Gasteiger partial charge >= 0.3 is 0 Å². The Morgan fingerprint density at radius 3 is 2.68 bits per heavy atom. The highest BCUT2D eigenvalue weighted by Crippen LogP contribution is 2.15. The van der Waals surface area contributed by atoms with Crippen molar-refractivity contribution in [2.24, 2.45) is 11.5 Å². The van der Waals surface area contributed by atoms with Gasteiger partial charge in [-0.1, -0.05) is 30.3 Å². The summed E-state index contributed by atoms with van der Waals surface area (Å²) in [6.45, 7) is 0. The molecule has 0 saturated carbocycles. The molecule has 0 aliphatic rings. The van der Waals surface area contributed by atoms with Crippen molar-refractivity contribution in [3.8, 4) is 0 Å². The normalized spacial score (nSPS) is 12.3. The van der Waals surface area contributed by atoms with Gasteiger partial charge in [0.05, 0.1) is 12.5 Å². The number of primary amides is 1. The molecule has 100 valence electrons. The molecule has 2 rings (SSSR count). The summed E-state index contributed by atoms with van der Waals surface area (Å²) in [5, 5.41) is 7.84. The largest absolute Gasteiger partial charge is 0.423 e. The van der Waals surface area contributed by atoms with Crippen molar-refractivity contribution in [2.75, 3.05) is 0 Å².